The van der Waals surface area contributed by atoms with Crippen molar-refractivity contribution >= 4 is 11.6 Å². The van der Waals surface area contributed by atoms with Gasteiger partial charge in [0.1, 0.15) is 0 Å². The number of anilines is 1. The van der Waals surface area contributed by atoms with Crippen LogP contribution in [0.5, 0.6) is 0 Å². The maximum atomic E-state index is 11.7. The molecule has 2 N–H and O–H groups in total. The lowest BCUT2D eigenvalue weighted by atomic mass is 10.2. The maximum Gasteiger partial charge on any atom is 0.251 e. The third-order valence-electron chi connectivity index (χ3n) is 2.61. The third-order valence-corrected chi connectivity index (χ3v) is 2.61. The van der Waals surface area contributed by atoms with E-state index in [4.69, 9.17) is 5.26 Å². The number of nitrogens with one attached hydrogen (secondary N) is 2. The van der Waals surface area contributed by atoms with Crippen molar-refractivity contribution in [3.05, 3.63) is 29.8 Å². The fourth-order valence-corrected chi connectivity index (χ4v) is 1.65. The predicted molar refractivity (Wildman–Crippen MR) is 77.0 cm³/mol. The number of hydrogen-bond donors (Lipinski definition) is 2. The van der Waals surface area contributed by atoms with E-state index in [1.807, 2.05) is 38.1 Å². The molecule has 0 unspecified atom stereocenters. The van der Waals surface area contributed by atoms with Crippen molar-refractivity contribution in [1.82, 2.24) is 5.32 Å². The van der Waals surface area contributed by atoms with Gasteiger partial charge in [0.2, 0.25) is 0 Å². The molecular weight excluding hydrogens is 238 g/mol. The normalized spacial score (nSPS) is 10.0. The Morgan fingerprint density at radius 3 is 2.53 bits per heavy atom. The maximum absolute atomic E-state index is 11.7. The third kappa shape index (κ3) is 5.91. The summed E-state index contributed by atoms with van der Waals surface area (Å²) >= 11 is 0. The van der Waals surface area contributed by atoms with E-state index in [1.54, 1.807) is 0 Å². The van der Waals surface area contributed by atoms with Gasteiger partial charge >= 0.3 is 0 Å². The molecule has 0 fully saturated rings. The van der Waals surface area contributed by atoms with Crippen LogP contribution in [0.1, 0.15) is 43.5 Å². The Balaban J connectivity index is 2.39. The minimum Gasteiger partial charge on any atom is -0.385 e. The average Bonchev–Trinajstić information content (AvgIpc) is 2.38. The van der Waals surface area contributed by atoms with E-state index in [0.717, 1.165) is 25.1 Å². The Bertz CT molecular complexity index is 432. The van der Waals surface area contributed by atoms with Gasteiger partial charge in [-0.3, -0.25) is 4.79 Å². The molecule has 0 radical (unpaired) electrons. The van der Waals surface area contributed by atoms with E-state index in [0.29, 0.717) is 12.0 Å². The summed E-state index contributed by atoms with van der Waals surface area (Å²) in [6, 6.07) is 9.71. The van der Waals surface area contributed by atoms with Crippen LogP contribution < -0.4 is 10.6 Å². The van der Waals surface area contributed by atoms with Gasteiger partial charge in [0, 0.05) is 30.3 Å². The molecule has 1 rings (SSSR count). The molecule has 0 spiro atoms. The molecule has 1 aromatic rings. The van der Waals surface area contributed by atoms with Crippen molar-refractivity contribution in [1.29, 1.82) is 5.26 Å². The molecular formula is C15H21N3O. The minimum atomic E-state index is -0.0458. The Morgan fingerprint density at radius 1 is 1.26 bits per heavy atom. The van der Waals surface area contributed by atoms with Crippen molar-refractivity contribution in [2.75, 3.05) is 11.9 Å². The highest BCUT2D eigenvalue weighted by Crippen LogP contribution is 2.10. The molecule has 0 aliphatic heterocycles. The highest BCUT2D eigenvalue weighted by molar-refractivity contribution is 5.94. The lowest BCUT2D eigenvalue weighted by molar-refractivity contribution is 0.0943. The quantitative estimate of drug-likeness (QED) is 0.740. The number of rotatable bonds is 7. The zero-order valence-corrected chi connectivity index (χ0v) is 11.6. The SMILES string of the molecule is CC(C)NC(=O)c1ccc(NCCCCC#N)cc1. The van der Waals surface area contributed by atoms with Crippen LogP contribution in [0, 0.1) is 11.3 Å². The van der Waals surface area contributed by atoms with E-state index in [9.17, 15) is 4.79 Å². The van der Waals surface area contributed by atoms with Crippen molar-refractivity contribution in [2.24, 2.45) is 0 Å². The summed E-state index contributed by atoms with van der Waals surface area (Å²) in [5.41, 5.74) is 1.67. The summed E-state index contributed by atoms with van der Waals surface area (Å²) in [4.78, 5) is 11.7. The number of carbonyl (C=O) groups excluding carboxylic acids is 1. The number of benzene rings is 1. The molecule has 0 aliphatic carbocycles. The van der Waals surface area contributed by atoms with Crippen LogP contribution in [0.3, 0.4) is 0 Å². The number of nitriles is 1. The van der Waals surface area contributed by atoms with Crippen LogP contribution in [0.4, 0.5) is 5.69 Å². The van der Waals surface area contributed by atoms with E-state index in [1.165, 1.54) is 0 Å². The molecule has 1 aromatic carbocycles. The van der Waals surface area contributed by atoms with Gasteiger partial charge in [-0.05, 0) is 51.0 Å². The number of nitrogens with zero attached hydrogens (tertiary/aromatic N) is 1. The van der Waals surface area contributed by atoms with Crippen molar-refractivity contribution in [3.63, 3.8) is 0 Å². The van der Waals surface area contributed by atoms with Gasteiger partial charge in [-0.2, -0.15) is 5.26 Å². The molecule has 0 saturated carbocycles. The first kappa shape index (κ1) is 15.0. The summed E-state index contributed by atoms with van der Waals surface area (Å²) in [6.07, 6.45) is 2.50. The van der Waals surface area contributed by atoms with Gasteiger partial charge < -0.3 is 10.6 Å². The summed E-state index contributed by atoms with van der Waals surface area (Å²) in [5.74, 6) is -0.0458. The highest BCUT2D eigenvalue weighted by Gasteiger charge is 2.05. The van der Waals surface area contributed by atoms with E-state index >= 15 is 0 Å². The molecule has 102 valence electrons. The topological polar surface area (TPSA) is 64.9 Å². The molecule has 1 amide bonds. The van der Waals surface area contributed by atoms with E-state index < -0.39 is 0 Å². The lowest BCUT2D eigenvalue weighted by Gasteiger charge is -2.09. The molecule has 0 saturated heterocycles. The minimum absolute atomic E-state index is 0.0458. The summed E-state index contributed by atoms with van der Waals surface area (Å²) in [6.45, 7) is 4.73. The number of hydrogen-bond acceptors (Lipinski definition) is 3. The average molecular weight is 259 g/mol. The van der Waals surface area contributed by atoms with Crippen LogP contribution in [0.15, 0.2) is 24.3 Å². The standard InChI is InChI=1S/C15H21N3O/c1-12(2)18-15(19)13-6-8-14(9-7-13)17-11-5-3-4-10-16/h6-9,12,17H,3-5,11H2,1-2H3,(H,18,19). The van der Waals surface area contributed by atoms with Gasteiger partial charge in [0.15, 0.2) is 0 Å². The number of carbonyl (C=O) groups is 1. The van der Waals surface area contributed by atoms with Crippen molar-refractivity contribution in [2.45, 2.75) is 39.2 Å². The second-order valence-corrected chi connectivity index (χ2v) is 4.75. The smallest absolute Gasteiger partial charge is 0.251 e. The summed E-state index contributed by atoms with van der Waals surface area (Å²) < 4.78 is 0. The van der Waals surface area contributed by atoms with Gasteiger partial charge in [0.05, 0.1) is 6.07 Å². The monoisotopic (exact) mass is 259 g/mol. The van der Waals surface area contributed by atoms with Crippen LogP contribution in [0.25, 0.3) is 0 Å². The summed E-state index contributed by atoms with van der Waals surface area (Å²) in [7, 11) is 0. The molecule has 4 heteroatoms. The zero-order valence-electron chi connectivity index (χ0n) is 11.6. The second-order valence-electron chi connectivity index (χ2n) is 4.75. The number of unbranched alkanes of at least 4 members (excludes halogenated alkanes) is 2. The fraction of sp³-hybridized carbons (Fsp3) is 0.467. The predicted octanol–water partition coefficient (Wildman–Crippen LogP) is 2.93. The Labute approximate surface area is 114 Å². The van der Waals surface area contributed by atoms with Crippen LogP contribution in [0.2, 0.25) is 0 Å². The van der Waals surface area contributed by atoms with Gasteiger partial charge in [0.25, 0.3) is 5.91 Å². The van der Waals surface area contributed by atoms with Crippen LogP contribution >= 0.6 is 0 Å². The Hall–Kier alpha value is -2.02. The van der Waals surface area contributed by atoms with Gasteiger partial charge in [-0.25, -0.2) is 0 Å². The largest absolute Gasteiger partial charge is 0.385 e. The van der Waals surface area contributed by atoms with E-state index in [-0.39, 0.29) is 11.9 Å². The van der Waals surface area contributed by atoms with Gasteiger partial charge in [-0.15, -0.1) is 0 Å². The molecule has 0 aliphatic rings. The zero-order chi connectivity index (χ0) is 14.1. The summed E-state index contributed by atoms with van der Waals surface area (Å²) in [5, 5.41) is 14.5. The molecule has 0 aromatic heterocycles. The number of amides is 1. The first-order valence-electron chi connectivity index (χ1n) is 6.65. The Kier molecular flexibility index (Phi) is 6.45. The van der Waals surface area contributed by atoms with Crippen molar-refractivity contribution in [3.8, 4) is 6.07 Å². The Morgan fingerprint density at radius 2 is 1.95 bits per heavy atom. The van der Waals surface area contributed by atoms with E-state index in [2.05, 4.69) is 16.7 Å². The lowest BCUT2D eigenvalue weighted by Crippen LogP contribution is -2.29. The van der Waals surface area contributed by atoms with Crippen molar-refractivity contribution < 1.29 is 4.79 Å². The van der Waals surface area contributed by atoms with Crippen LogP contribution in [-0.2, 0) is 0 Å². The highest BCUT2D eigenvalue weighted by atomic mass is 16.1. The fourth-order valence-electron chi connectivity index (χ4n) is 1.65. The first-order valence-corrected chi connectivity index (χ1v) is 6.65. The molecule has 0 bridgehead atoms. The second kappa shape index (κ2) is 8.15. The van der Waals surface area contributed by atoms with Crippen LogP contribution in [-0.4, -0.2) is 18.5 Å². The molecule has 19 heavy (non-hydrogen) atoms. The molecule has 4 nitrogen and oxygen atoms in total. The van der Waals surface area contributed by atoms with Gasteiger partial charge in [-0.1, -0.05) is 0 Å². The first-order chi connectivity index (χ1) is 9.13. The molecule has 0 atom stereocenters. The molecule has 0 heterocycles.